The number of unbranched alkanes of at least 4 members (excludes halogenated alkanes) is 2. The second-order valence-electron chi connectivity index (χ2n) is 4.46. The van der Waals surface area contributed by atoms with E-state index in [0.717, 1.165) is 38.5 Å². The molecular formula is C13H28N2O2. The van der Waals surface area contributed by atoms with E-state index in [9.17, 15) is 4.79 Å². The van der Waals surface area contributed by atoms with Crippen LogP contribution in [0.25, 0.3) is 0 Å². The lowest BCUT2D eigenvalue weighted by molar-refractivity contribution is -0.144. The predicted molar refractivity (Wildman–Crippen MR) is 70.6 cm³/mol. The molecule has 0 rings (SSSR count). The van der Waals surface area contributed by atoms with Gasteiger partial charge in [-0.15, -0.1) is 0 Å². The fourth-order valence-corrected chi connectivity index (χ4v) is 1.79. The number of nitrogens with two attached hydrogens (primary N) is 2. The minimum absolute atomic E-state index is 0.0791. The van der Waals surface area contributed by atoms with Gasteiger partial charge in [-0.1, -0.05) is 19.8 Å². The molecular weight excluding hydrogens is 216 g/mol. The maximum atomic E-state index is 11.4. The number of rotatable bonds is 11. The van der Waals surface area contributed by atoms with Crippen molar-refractivity contribution in [3.8, 4) is 0 Å². The molecule has 4 N–H and O–H groups in total. The zero-order valence-corrected chi connectivity index (χ0v) is 11.1. The van der Waals surface area contributed by atoms with Crippen molar-refractivity contribution in [3.63, 3.8) is 0 Å². The first kappa shape index (κ1) is 16.4. The minimum Gasteiger partial charge on any atom is -0.466 e. The number of carbonyl (C=O) groups excluding carboxylic acids is 1. The summed E-state index contributed by atoms with van der Waals surface area (Å²) in [5, 5.41) is 0. The number of ether oxygens (including phenoxy) is 1. The largest absolute Gasteiger partial charge is 0.466 e. The van der Waals surface area contributed by atoms with Crippen LogP contribution in [0, 0.1) is 5.92 Å². The van der Waals surface area contributed by atoms with Crippen molar-refractivity contribution in [1.29, 1.82) is 0 Å². The van der Waals surface area contributed by atoms with Crippen molar-refractivity contribution in [2.24, 2.45) is 17.4 Å². The molecule has 0 aromatic rings. The lowest BCUT2D eigenvalue weighted by Crippen LogP contribution is -2.13. The van der Waals surface area contributed by atoms with E-state index >= 15 is 0 Å². The lowest BCUT2D eigenvalue weighted by atomic mass is 9.99. The molecule has 4 heteroatoms. The fourth-order valence-electron chi connectivity index (χ4n) is 1.79. The normalized spacial score (nSPS) is 12.4. The van der Waals surface area contributed by atoms with Gasteiger partial charge >= 0.3 is 5.97 Å². The highest BCUT2D eigenvalue weighted by molar-refractivity contribution is 5.69. The summed E-state index contributed by atoms with van der Waals surface area (Å²) in [6.07, 6.45) is 6.46. The van der Waals surface area contributed by atoms with Crippen LogP contribution >= 0.6 is 0 Å². The standard InChI is InChI=1S/C13H28N2O2/c1-2-12(7-10-15)8-11-17-13(16)6-4-3-5-9-14/h12H,2-11,14-15H2,1H3. The van der Waals surface area contributed by atoms with E-state index in [-0.39, 0.29) is 5.97 Å². The summed E-state index contributed by atoms with van der Waals surface area (Å²) in [6.45, 7) is 4.10. The first-order valence-corrected chi connectivity index (χ1v) is 6.80. The van der Waals surface area contributed by atoms with Gasteiger partial charge < -0.3 is 16.2 Å². The van der Waals surface area contributed by atoms with Gasteiger partial charge in [0.2, 0.25) is 0 Å². The quantitative estimate of drug-likeness (QED) is 0.429. The SMILES string of the molecule is CCC(CCN)CCOC(=O)CCCCCN. The molecule has 0 spiro atoms. The van der Waals surface area contributed by atoms with Gasteiger partial charge in [0.25, 0.3) is 0 Å². The smallest absolute Gasteiger partial charge is 0.305 e. The maximum Gasteiger partial charge on any atom is 0.305 e. The van der Waals surface area contributed by atoms with Crippen LogP contribution in [0.1, 0.15) is 51.9 Å². The van der Waals surface area contributed by atoms with Crippen LogP contribution in [0.5, 0.6) is 0 Å². The Morgan fingerprint density at radius 1 is 1.12 bits per heavy atom. The molecule has 1 unspecified atom stereocenters. The Morgan fingerprint density at radius 3 is 2.47 bits per heavy atom. The summed E-state index contributed by atoms with van der Waals surface area (Å²) in [6, 6.07) is 0. The maximum absolute atomic E-state index is 11.4. The van der Waals surface area contributed by atoms with Crippen LogP contribution in [0.2, 0.25) is 0 Å². The molecule has 0 heterocycles. The zero-order valence-electron chi connectivity index (χ0n) is 11.1. The van der Waals surface area contributed by atoms with Gasteiger partial charge in [-0.3, -0.25) is 4.79 Å². The molecule has 0 saturated carbocycles. The molecule has 0 aromatic carbocycles. The molecule has 0 saturated heterocycles. The molecule has 0 bridgehead atoms. The van der Waals surface area contributed by atoms with Crippen LogP contribution in [-0.4, -0.2) is 25.7 Å². The third-order valence-corrected chi connectivity index (χ3v) is 3.03. The molecule has 0 aliphatic carbocycles. The summed E-state index contributed by atoms with van der Waals surface area (Å²) in [7, 11) is 0. The number of hydrogen-bond acceptors (Lipinski definition) is 4. The van der Waals surface area contributed by atoms with Gasteiger partial charge in [-0.05, 0) is 44.7 Å². The first-order chi connectivity index (χ1) is 8.24. The molecule has 0 aliphatic rings. The topological polar surface area (TPSA) is 78.3 Å². The predicted octanol–water partition coefficient (Wildman–Crippen LogP) is 1.81. The van der Waals surface area contributed by atoms with Crippen molar-refractivity contribution in [2.45, 2.75) is 51.9 Å². The van der Waals surface area contributed by atoms with Gasteiger partial charge in [0, 0.05) is 6.42 Å². The van der Waals surface area contributed by atoms with Gasteiger partial charge in [0.05, 0.1) is 6.61 Å². The molecule has 0 aromatic heterocycles. The molecule has 102 valence electrons. The second-order valence-corrected chi connectivity index (χ2v) is 4.46. The number of carbonyl (C=O) groups is 1. The van der Waals surface area contributed by atoms with Crippen molar-refractivity contribution < 1.29 is 9.53 Å². The van der Waals surface area contributed by atoms with Crippen LogP contribution < -0.4 is 11.5 Å². The highest BCUT2D eigenvalue weighted by atomic mass is 16.5. The molecule has 0 fully saturated rings. The average molecular weight is 244 g/mol. The molecule has 1 atom stereocenters. The van der Waals surface area contributed by atoms with Crippen molar-refractivity contribution in [1.82, 2.24) is 0 Å². The van der Waals surface area contributed by atoms with E-state index in [1.165, 1.54) is 0 Å². The van der Waals surface area contributed by atoms with Gasteiger partial charge in [0.15, 0.2) is 0 Å². The van der Waals surface area contributed by atoms with Gasteiger partial charge in [-0.25, -0.2) is 0 Å². The van der Waals surface area contributed by atoms with Crippen LogP contribution in [0.3, 0.4) is 0 Å². The summed E-state index contributed by atoms with van der Waals surface area (Å²) in [5.74, 6) is 0.509. The third-order valence-electron chi connectivity index (χ3n) is 3.03. The Morgan fingerprint density at radius 2 is 1.88 bits per heavy atom. The van der Waals surface area contributed by atoms with E-state index in [0.29, 0.717) is 32.0 Å². The third kappa shape index (κ3) is 10.3. The van der Waals surface area contributed by atoms with Gasteiger partial charge in [-0.2, -0.15) is 0 Å². The summed E-state index contributed by atoms with van der Waals surface area (Å²) in [5.41, 5.74) is 10.9. The van der Waals surface area contributed by atoms with E-state index in [1.807, 2.05) is 0 Å². The van der Waals surface area contributed by atoms with Crippen LogP contribution in [0.15, 0.2) is 0 Å². The van der Waals surface area contributed by atoms with E-state index in [1.54, 1.807) is 0 Å². The monoisotopic (exact) mass is 244 g/mol. The summed E-state index contributed by atoms with van der Waals surface area (Å²) in [4.78, 5) is 11.4. The molecule has 4 nitrogen and oxygen atoms in total. The van der Waals surface area contributed by atoms with Crippen molar-refractivity contribution >= 4 is 5.97 Å². The van der Waals surface area contributed by atoms with E-state index in [4.69, 9.17) is 16.2 Å². The lowest BCUT2D eigenvalue weighted by Gasteiger charge is -2.13. The zero-order chi connectivity index (χ0) is 12.9. The second kappa shape index (κ2) is 11.9. The highest BCUT2D eigenvalue weighted by Crippen LogP contribution is 2.12. The first-order valence-electron chi connectivity index (χ1n) is 6.80. The molecule has 17 heavy (non-hydrogen) atoms. The fraction of sp³-hybridized carbons (Fsp3) is 0.923. The Kier molecular flexibility index (Phi) is 11.4. The Labute approximate surface area is 105 Å². The minimum atomic E-state index is -0.0791. The van der Waals surface area contributed by atoms with Gasteiger partial charge in [0.1, 0.15) is 0 Å². The van der Waals surface area contributed by atoms with E-state index in [2.05, 4.69) is 6.92 Å². The van der Waals surface area contributed by atoms with Crippen molar-refractivity contribution in [3.05, 3.63) is 0 Å². The summed E-state index contributed by atoms with van der Waals surface area (Å²) < 4.78 is 5.19. The highest BCUT2D eigenvalue weighted by Gasteiger charge is 2.07. The average Bonchev–Trinajstić information content (AvgIpc) is 2.33. The Bertz CT molecular complexity index is 186. The molecule has 0 amide bonds. The Hall–Kier alpha value is -0.610. The number of hydrogen-bond donors (Lipinski definition) is 2. The number of esters is 1. The van der Waals surface area contributed by atoms with E-state index < -0.39 is 0 Å². The van der Waals surface area contributed by atoms with Crippen LogP contribution in [-0.2, 0) is 9.53 Å². The van der Waals surface area contributed by atoms with Crippen molar-refractivity contribution in [2.75, 3.05) is 19.7 Å². The summed E-state index contributed by atoms with van der Waals surface area (Å²) >= 11 is 0. The molecule has 0 aliphatic heterocycles. The van der Waals surface area contributed by atoms with Crippen LogP contribution in [0.4, 0.5) is 0 Å². The molecule has 0 radical (unpaired) electrons. The Balaban J connectivity index is 3.42.